The molecule has 12 heavy (non-hydrogen) atoms. The largest absolute Gasteiger partial charge is 0.300 e. The van der Waals surface area contributed by atoms with Crippen LogP contribution in [0.2, 0.25) is 0 Å². The molecule has 0 aromatic carbocycles. The van der Waals surface area contributed by atoms with Crippen LogP contribution in [-0.4, -0.2) is 42.1 Å². The Bertz CT molecular complexity index is 123. The third kappa shape index (κ3) is 2.44. The van der Waals surface area contributed by atoms with Gasteiger partial charge in [-0.3, -0.25) is 10.7 Å². The molecule has 0 bridgehead atoms. The van der Waals surface area contributed by atoms with Crippen LogP contribution in [-0.2, 0) is 0 Å². The lowest BCUT2D eigenvalue weighted by Gasteiger charge is -2.36. The monoisotopic (exact) mass is 171 g/mol. The predicted octanol–water partition coefficient (Wildman–Crippen LogP) is 0.666. The van der Waals surface area contributed by atoms with Gasteiger partial charge in [-0.2, -0.15) is 0 Å². The summed E-state index contributed by atoms with van der Waals surface area (Å²) in [5.74, 6) is 5.78. The Hall–Kier alpha value is -0.120. The molecule has 2 N–H and O–H groups in total. The Morgan fingerprint density at radius 3 is 2.58 bits per heavy atom. The van der Waals surface area contributed by atoms with E-state index in [2.05, 4.69) is 18.7 Å². The first-order chi connectivity index (χ1) is 5.77. The van der Waals surface area contributed by atoms with Crippen LogP contribution in [0.3, 0.4) is 0 Å². The fourth-order valence-corrected chi connectivity index (χ4v) is 2.02. The molecule has 1 aliphatic heterocycles. The average Bonchev–Trinajstić information content (AvgIpc) is 2.07. The minimum absolute atomic E-state index is 0.693. The lowest BCUT2D eigenvalue weighted by Crippen LogP contribution is -2.50. The molecular weight excluding hydrogens is 150 g/mol. The zero-order valence-electron chi connectivity index (χ0n) is 8.29. The van der Waals surface area contributed by atoms with Crippen LogP contribution in [0.5, 0.6) is 0 Å². The summed E-state index contributed by atoms with van der Waals surface area (Å²) in [7, 11) is 0. The Labute approximate surface area is 75.5 Å². The van der Waals surface area contributed by atoms with E-state index >= 15 is 0 Å². The molecule has 0 saturated carbocycles. The Morgan fingerprint density at radius 2 is 2.08 bits per heavy atom. The number of hydrogen-bond acceptors (Lipinski definition) is 3. The molecule has 0 aliphatic carbocycles. The van der Waals surface area contributed by atoms with Gasteiger partial charge in [-0.1, -0.05) is 13.8 Å². The van der Waals surface area contributed by atoms with Gasteiger partial charge in [-0.15, -0.1) is 0 Å². The summed E-state index contributed by atoms with van der Waals surface area (Å²) in [5.41, 5.74) is 0. The molecule has 3 heteroatoms. The maximum atomic E-state index is 5.78. The summed E-state index contributed by atoms with van der Waals surface area (Å²) < 4.78 is 0. The van der Waals surface area contributed by atoms with Gasteiger partial charge >= 0.3 is 0 Å². The van der Waals surface area contributed by atoms with Crippen molar-refractivity contribution in [3.63, 3.8) is 0 Å². The van der Waals surface area contributed by atoms with Crippen molar-refractivity contribution < 1.29 is 0 Å². The number of piperidine rings is 1. The molecule has 0 radical (unpaired) electrons. The summed E-state index contributed by atoms with van der Waals surface area (Å²) in [6.45, 7) is 8.85. The number of nitrogens with zero attached hydrogens (tertiary/aromatic N) is 2. The van der Waals surface area contributed by atoms with Crippen molar-refractivity contribution in [1.82, 2.24) is 9.91 Å². The fourth-order valence-electron chi connectivity index (χ4n) is 2.02. The first-order valence-electron chi connectivity index (χ1n) is 5.01. The molecule has 1 saturated heterocycles. The van der Waals surface area contributed by atoms with E-state index < -0.39 is 0 Å². The molecule has 1 fully saturated rings. The second-order valence-electron chi connectivity index (χ2n) is 3.51. The molecule has 0 aromatic heterocycles. The van der Waals surface area contributed by atoms with Gasteiger partial charge < -0.3 is 0 Å². The van der Waals surface area contributed by atoms with Crippen LogP contribution in [0, 0.1) is 0 Å². The average molecular weight is 171 g/mol. The highest BCUT2D eigenvalue weighted by Crippen LogP contribution is 2.12. The van der Waals surface area contributed by atoms with Crippen LogP contribution in [0.1, 0.15) is 26.7 Å². The van der Waals surface area contributed by atoms with E-state index in [0.29, 0.717) is 6.04 Å². The van der Waals surface area contributed by atoms with Crippen LogP contribution >= 0.6 is 0 Å². The zero-order chi connectivity index (χ0) is 8.97. The van der Waals surface area contributed by atoms with Crippen molar-refractivity contribution >= 4 is 0 Å². The maximum Gasteiger partial charge on any atom is 0.0284 e. The molecule has 0 spiro atoms. The number of likely N-dealkylation sites (N-methyl/N-ethyl adjacent to an activating group) is 1. The summed E-state index contributed by atoms with van der Waals surface area (Å²) in [6, 6.07) is 0.693. The van der Waals surface area contributed by atoms with E-state index in [1.54, 1.807) is 0 Å². The Kier molecular flexibility index (Phi) is 3.98. The predicted molar refractivity (Wildman–Crippen MR) is 51.7 cm³/mol. The van der Waals surface area contributed by atoms with E-state index in [1.165, 1.54) is 12.8 Å². The summed E-state index contributed by atoms with van der Waals surface area (Å²) in [5, 5.41) is 1.95. The molecule has 0 aromatic rings. The standard InChI is InChI=1S/C9H21N3/c1-3-11(4-2)9-6-5-7-12(10)8-9/h9H,3-8,10H2,1-2H3. The highest BCUT2D eigenvalue weighted by atomic mass is 15.4. The number of nitrogens with two attached hydrogens (primary N) is 1. The van der Waals surface area contributed by atoms with E-state index in [9.17, 15) is 0 Å². The summed E-state index contributed by atoms with van der Waals surface area (Å²) in [6.07, 6.45) is 2.56. The van der Waals surface area contributed by atoms with E-state index in [4.69, 9.17) is 5.84 Å². The molecule has 1 atom stereocenters. The van der Waals surface area contributed by atoms with Crippen LogP contribution in [0.25, 0.3) is 0 Å². The quantitative estimate of drug-likeness (QED) is 0.633. The lowest BCUT2D eigenvalue weighted by molar-refractivity contribution is 0.106. The van der Waals surface area contributed by atoms with Crippen LogP contribution in [0.4, 0.5) is 0 Å². The van der Waals surface area contributed by atoms with Gasteiger partial charge in [0.15, 0.2) is 0 Å². The van der Waals surface area contributed by atoms with Crippen molar-refractivity contribution in [2.75, 3.05) is 26.2 Å². The fraction of sp³-hybridized carbons (Fsp3) is 1.00. The lowest BCUT2D eigenvalue weighted by atomic mass is 10.1. The molecule has 3 nitrogen and oxygen atoms in total. The van der Waals surface area contributed by atoms with E-state index in [1.807, 2.05) is 5.01 Å². The zero-order valence-corrected chi connectivity index (χ0v) is 8.29. The summed E-state index contributed by atoms with van der Waals surface area (Å²) >= 11 is 0. The number of hydrogen-bond donors (Lipinski definition) is 1. The molecule has 0 amide bonds. The van der Waals surface area contributed by atoms with Crippen LogP contribution < -0.4 is 5.84 Å². The highest BCUT2D eigenvalue weighted by Gasteiger charge is 2.21. The van der Waals surface area contributed by atoms with E-state index in [-0.39, 0.29) is 0 Å². The highest BCUT2D eigenvalue weighted by molar-refractivity contribution is 4.77. The van der Waals surface area contributed by atoms with Crippen LogP contribution in [0.15, 0.2) is 0 Å². The number of rotatable bonds is 3. The van der Waals surface area contributed by atoms with Crippen molar-refractivity contribution in [3.8, 4) is 0 Å². The first-order valence-corrected chi connectivity index (χ1v) is 5.01. The van der Waals surface area contributed by atoms with Gasteiger partial charge in [0.1, 0.15) is 0 Å². The van der Waals surface area contributed by atoms with Crippen molar-refractivity contribution in [2.24, 2.45) is 5.84 Å². The maximum absolute atomic E-state index is 5.78. The Balaban J connectivity index is 2.38. The second-order valence-corrected chi connectivity index (χ2v) is 3.51. The first kappa shape index (κ1) is 9.96. The minimum Gasteiger partial charge on any atom is -0.300 e. The van der Waals surface area contributed by atoms with Crippen molar-refractivity contribution in [1.29, 1.82) is 0 Å². The molecule has 1 unspecified atom stereocenters. The topological polar surface area (TPSA) is 32.5 Å². The molecule has 1 aliphatic rings. The second kappa shape index (κ2) is 4.80. The van der Waals surface area contributed by atoms with Gasteiger partial charge in [0, 0.05) is 19.1 Å². The molecular formula is C9H21N3. The third-order valence-corrected chi connectivity index (χ3v) is 2.76. The van der Waals surface area contributed by atoms with Gasteiger partial charge in [0.25, 0.3) is 0 Å². The van der Waals surface area contributed by atoms with Crippen molar-refractivity contribution in [2.45, 2.75) is 32.7 Å². The van der Waals surface area contributed by atoms with E-state index in [0.717, 1.165) is 26.2 Å². The SMILES string of the molecule is CCN(CC)C1CCCN(N)C1. The Morgan fingerprint density at radius 1 is 1.42 bits per heavy atom. The summed E-state index contributed by atoms with van der Waals surface area (Å²) in [4.78, 5) is 2.50. The van der Waals surface area contributed by atoms with Gasteiger partial charge in [0.05, 0.1) is 0 Å². The molecule has 1 rings (SSSR count). The molecule has 1 heterocycles. The normalized spacial score (nSPS) is 26.5. The smallest absolute Gasteiger partial charge is 0.0284 e. The van der Waals surface area contributed by atoms with Gasteiger partial charge in [-0.25, -0.2) is 5.01 Å². The molecule has 72 valence electrons. The van der Waals surface area contributed by atoms with Crippen molar-refractivity contribution in [3.05, 3.63) is 0 Å². The minimum atomic E-state index is 0.693. The third-order valence-electron chi connectivity index (χ3n) is 2.76. The van der Waals surface area contributed by atoms with Gasteiger partial charge in [-0.05, 0) is 25.9 Å². The number of hydrazine groups is 1. The van der Waals surface area contributed by atoms with Gasteiger partial charge in [0.2, 0.25) is 0 Å².